The van der Waals surface area contributed by atoms with E-state index < -0.39 is 0 Å². The van der Waals surface area contributed by atoms with Crippen molar-refractivity contribution in [2.45, 2.75) is 32.6 Å². The van der Waals surface area contributed by atoms with Gasteiger partial charge in [-0.15, -0.1) is 0 Å². The van der Waals surface area contributed by atoms with Crippen molar-refractivity contribution in [1.82, 2.24) is 10.7 Å². The van der Waals surface area contributed by atoms with Crippen molar-refractivity contribution in [3.63, 3.8) is 0 Å². The normalized spacial score (nSPS) is 11.1. The molecule has 0 fully saturated rings. The van der Waals surface area contributed by atoms with Gasteiger partial charge in [-0.1, -0.05) is 52.7 Å². The predicted octanol–water partition coefficient (Wildman–Crippen LogP) is 4.28. The predicted molar refractivity (Wildman–Crippen MR) is 112 cm³/mol. The first-order valence-corrected chi connectivity index (χ1v) is 9.78. The number of amides is 2. The van der Waals surface area contributed by atoms with Gasteiger partial charge in [-0.05, 0) is 49.6 Å². The molecule has 2 rings (SSSR count). The molecular weight excluding hydrogens is 406 g/mol. The number of carbonyl (C=O) groups excluding carboxylic acids is 2. The highest BCUT2D eigenvalue weighted by Crippen LogP contribution is 2.11. The molecule has 0 spiro atoms. The number of carbonyl (C=O) groups is 2. The third-order valence-electron chi connectivity index (χ3n) is 4.01. The van der Waals surface area contributed by atoms with Crippen LogP contribution in [0.5, 0.6) is 0 Å². The molecule has 0 aromatic heterocycles. The molecule has 0 unspecified atom stereocenters. The van der Waals surface area contributed by atoms with Crippen LogP contribution in [0.25, 0.3) is 0 Å². The van der Waals surface area contributed by atoms with Crippen LogP contribution in [0.1, 0.15) is 48.5 Å². The quantitative estimate of drug-likeness (QED) is 0.354. The highest BCUT2D eigenvalue weighted by Gasteiger charge is 2.04. The Balaban J connectivity index is 1.58. The minimum Gasteiger partial charge on any atom is -0.352 e. The Morgan fingerprint density at radius 2 is 1.63 bits per heavy atom. The van der Waals surface area contributed by atoms with E-state index in [0.29, 0.717) is 18.5 Å². The number of unbranched alkanes of at least 4 members (excludes halogenated alkanes) is 2. The molecule has 2 N–H and O–H groups in total. The van der Waals surface area contributed by atoms with E-state index in [1.54, 1.807) is 12.1 Å². The first-order valence-electron chi connectivity index (χ1n) is 8.98. The highest BCUT2D eigenvalue weighted by molar-refractivity contribution is 9.10. The zero-order valence-electron chi connectivity index (χ0n) is 15.4. The molecule has 6 heteroatoms. The van der Waals surface area contributed by atoms with Gasteiger partial charge in [-0.3, -0.25) is 9.59 Å². The van der Waals surface area contributed by atoms with Gasteiger partial charge in [0.1, 0.15) is 0 Å². The standard InChI is InChI=1S/C21H24BrN3O2/c1-16(17-11-13-19(22)14-12-17)24-25-20(26)10-6-3-7-15-23-21(27)18-8-4-2-5-9-18/h2,4-5,8-9,11-14H,3,6-7,10,15H2,1H3,(H,23,27)(H,25,26)/b24-16-. The van der Waals surface area contributed by atoms with Crippen LogP contribution in [0, 0.1) is 0 Å². The number of nitrogens with zero attached hydrogens (tertiary/aromatic N) is 1. The van der Waals surface area contributed by atoms with Gasteiger partial charge in [0.15, 0.2) is 0 Å². The molecule has 2 aromatic carbocycles. The Hall–Kier alpha value is -2.47. The van der Waals surface area contributed by atoms with Crippen LogP contribution in [-0.2, 0) is 4.79 Å². The average Bonchev–Trinajstić information content (AvgIpc) is 2.69. The van der Waals surface area contributed by atoms with Crippen LogP contribution >= 0.6 is 15.9 Å². The van der Waals surface area contributed by atoms with Crippen LogP contribution in [0.3, 0.4) is 0 Å². The Bertz CT molecular complexity index is 774. The zero-order valence-corrected chi connectivity index (χ0v) is 17.0. The fourth-order valence-electron chi connectivity index (χ4n) is 2.44. The summed E-state index contributed by atoms with van der Waals surface area (Å²) in [5, 5.41) is 7.03. The largest absolute Gasteiger partial charge is 0.352 e. The van der Waals surface area contributed by atoms with Crippen LogP contribution in [0.4, 0.5) is 0 Å². The van der Waals surface area contributed by atoms with Crippen molar-refractivity contribution in [1.29, 1.82) is 0 Å². The molecule has 0 aliphatic rings. The maximum absolute atomic E-state index is 11.9. The smallest absolute Gasteiger partial charge is 0.251 e. The number of halogens is 1. The van der Waals surface area contributed by atoms with E-state index in [1.807, 2.05) is 49.4 Å². The first-order chi connectivity index (χ1) is 13.1. The molecule has 0 saturated carbocycles. The summed E-state index contributed by atoms with van der Waals surface area (Å²) in [6, 6.07) is 16.9. The monoisotopic (exact) mass is 429 g/mol. The number of nitrogens with one attached hydrogen (secondary N) is 2. The summed E-state index contributed by atoms with van der Waals surface area (Å²) in [7, 11) is 0. The van der Waals surface area contributed by atoms with E-state index >= 15 is 0 Å². The third-order valence-corrected chi connectivity index (χ3v) is 4.54. The Morgan fingerprint density at radius 3 is 2.33 bits per heavy atom. The zero-order chi connectivity index (χ0) is 19.5. The lowest BCUT2D eigenvalue weighted by Gasteiger charge is -2.05. The number of rotatable bonds is 9. The molecule has 0 heterocycles. The minimum atomic E-state index is -0.0974. The van der Waals surface area contributed by atoms with Crippen LogP contribution < -0.4 is 10.7 Å². The topological polar surface area (TPSA) is 70.6 Å². The molecule has 5 nitrogen and oxygen atoms in total. The van der Waals surface area contributed by atoms with E-state index in [2.05, 4.69) is 31.8 Å². The maximum atomic E-state index is 11.9. The van der Waals surface area contributed by atoms with E-state index in [1.165, 1.54) is 0 Å². The second-order valence-electron chi connectivity index (χ2n) is 6.17. The summed E-state index contributed by atoms with van der Waals surface area (Å²) in [6.45, 7) is 2.47. The SMILES string of the molecule is C/C(=N/NC(=O)CCCCCNC(=O)c1ccccc1)c1ccc(Br)cc1. The van der Waals surface area contributed by atoms with E-state index in [-0.39, 0.29) is 11.8 Å². The van der Waals surface area contributed by atoms with Gasteiger partial charge in [0.25, 0.3) is 5.91 Å². The summed E-state index contributed by atoms with van der Waals surface area (Å²) < 4.78 is 1.00. The van der Waals surface area contributed by atoms with Crippen LogP contribution in [0.15, 0.2) is 64.2 Å². The Kier molecular flexibility index (Phi) is 8.71. The van der Waals surface area contributed by atoms with Crippen LogP contribution in [0.2, 0.25) is 0 Å². The summed E-state index contributed by atoms with van der Waals surface area (Å²) in [5.41, 5.74) is 4.99. The van der Waals surface area contributed by atoms with Crippen molar-refractivity contribution in [2.75, 3.05) is 6.54 Å². The summed E-state index contributed by atoms with van der Waals surface area (Å²) in [4.78, 5) is 23.7. The summed E-state index contributed by atoms with van der Waals surface area (Å²) in [6.07, 6.45) is 2.90. The summed E-state index contributed by atoms with van der Waals surface area (Å²) in [5.74, 6) is -0.161. The molecule has 2 amide bonds. The van der Waals surface area contributed by atoms with Crippen molar-refractivity contribution < 1.29 is 9.59 Å². The molecule has 0 bridgehead atoms. The molecule has 2 aromatic rings. The van der Waals surface area contributed by atoms with Crippen molar-refractivity contribution in [3.05, 3.63) is 70.2 Å². The van der Waals surface area contributed by atoms with Crippen molar-refractivity contribution in [2.24, 2.45) is 5.10 Å². The van der Waals surface area contributed by atoms with Crippen LogP contribution in [-0.4, -0.2) is 24.1 Å². The molecule has 0 saturated heterocycles. The van der Waals surface area contributed by atoms with Gasteiger partial charge in [-0.25, -0.2) is 5.43 Å². The van der Waals surface area contributed by atoms with Gasteiger partial charge >= 0.3 is 0 Å². The number of benzene rings is 2. The molecule has 27 heavy (non-hydrogen) atoms. The fourth-order valence-corrected chi connectivity index (χ4v) is 2.70. The maximum Gasteiger partial charge on any atom is 0.251 e. The summed E-state index contributed by atoms with van der Waals surface area (Å²) >= 11 is 3.39. The van der Waals surface area contributed by atoms with Gasteiger partial charge in [0.05, 0.1) is 5.71 Å². The van der Waals surface area contributed by atoms with Crippen molar-refractivity contribution in [3.8, 4) is 0 Å². The van der Waals surface area contributed by atoms with E-state index in [9.17, 15) is 9.59 Å². The second kappa shape index (κ2) is 11.3. The van der Waals surface area contributed by atoms with Gasteiger partial charge < -0.3 is 5.32 Å². The van der Waals surface area contributed by atoms with E-state index in [0.717, 1.165) is 35.0 Å². The molecule has 0 aliphatic heterocycles. The number of hydrogen-bond donors (Lipinski definition) is 2. The van der Waals surface area contributed by atoms with Crippen molar-refractivity contribution >= 4 is 33.5 Å². The fraction of sp³-hybridized carbons (Fsp3) is 0.286. The Labute approximate surface area is 168 Å². The third kappa shape index (κ3) is 7.74. The Morgan fingerprint density at radius 1 is 0.926 bits per heavy atom. The molecule has 0 radical (unpaired) electrons. The lowest BCUT2D eigenvalue weighted by atomic mass is 10.1. The number of hydrazone groups is 1. The number of hydrogen-bond acceptors (Lipinski definition) is 3. The second-order valence-corrected chi connectivity index (χ2v) is 7.09. The van der Waals surface area contributed by atoms with E-state index in [4.69, 9.17) is 0 Å². The van der Waals surface area contributed by atoms with Gasteiger partial charge in [0.2, 0.25) is 5.91 Å². The first kappa shape index (κ1) is 20.8. The molecular formula is C21H24BrN3O2. The average molecular weight is 430 g/mol. The highest BCUT2D eigenvalue weighted by atomic mass is 79.9. The molecule has 0 atom stereocenters. The molecule has 142 valence electrons. The molecule has 0 aliphatic carbocycles. The lowest BCUT2D eigenvalue weighted by molar-refractivity contribution is -0.121. The minimum absolute atomic E-state index is 0.0638. The van der Waals surface area contributed by atoms with Gasteiger partial charge in [0, 0.05) is 23.0 Å². The lowest BCUT2D eigenvalue weighted by Crippen LogP contribution is -2.24. The van der Waals surface area contributed by atoms with Gasteiger partial charge in [-0.2, -0.15) is 5.10 Å².